The van der Waals surface area contributed by atoms with E-state index in [0.717, 1.165) is 11.5 Å². The van der Waals surface area contributed by atoms with Crippen molar-refractivity contribution in [2.45, 2.75) is 37.5 Å². The van der Waals surface area contributed by atoms with E-state index in [1.54, 1.807) is 11.9 Å². The summed E-state index contributed by atoms with van der Waals surface area (Å²) in [4.78, 5) is 10.4. The summed E-state index contributed by atoms with van der Waals surface area (Å²) in [5.41, 5.74) is -0.354. The van der Waals surface area contributed by atoms with E-state index in [1.165, 1.54) is 12.8 Å². The standard InChI is InChI=1S/C7H13NOS/c1-7(2,5-9)8-10-6-3-4-6/h5-6,8H,3-4H2,1-2H3. The molecule has 58 valence electrons. The van der Waals surface area contributed by atoms with E-state index in [-0.39, 0.29) is 5.54 Å². The van der Waals surface area contributed by atoms with Crippen LogP contribution in [0.2, 0.25) is 0 Å². The molecule has 1 N–H and O–H groups in total. The average Bonchev–Trinajstić information content (AvgIpc) is 2.66. The predicted molar refractivity (Wildman–Crippen MR) is 43.9 cm³/mol. The second kappa shape index (κ2) is 2.93. The molecular formula is C7H13NOS. The van der Waals surface area contributed by atoms with Crippen molar-refractivity contribution in [1.82, 2.24) is 4.72 Å². The van der Waals surface area contributed by atoms with Crippen LogP contribution < -0.4 is 4.72 Å². The van der Waals surface area contributed by atoms with E-state index >= 15 is 0 Å². The van der Waals surface area contributed by atoms with Crippen molar-refractivity contribution >= 4 is 18.2 Å². The first kappa shape index (κ1) is 8.08. The fourth-order valence-corrected chi connectivity index (χ4v) is 1.34. The van der Waals surface area contributed by atoms with Gasteiger partial charge in [0.25, 0.3) is 0 Å². The molecular weight excluding hydrogens is 146 g/mol. The lowest BCUT2D eigenvalue weighted by molar-refractivity contribution is -0.111. The maximum Gasteiger partial charge on any atom is 0.140 e. The number of carbonyl (C=O) groups is 1. The Morgan fingerprint density at radius 3 is 2.60 bits per heavy atom. The van der Waals surface area contributed by atoms with Crippen LogP contribution in [0.15, 0.2) is 0 Å². The highest BCUT2D eigenvalue weighted by molar-refractivity contribution is 7.98. The van der Waals surface area contributed by atoms with Crippen LogP contribution in [-0.2, 0) is 4.79 Å². The lowest BCUT2D eigenvalue weighted by Gasteiger charge is -2.17. The third-order valence-electron chi connectivity index (χ3n) is 1.31. The summed E-state index contributed by atoms with van der Waals surface area (Å²) in [6.07, 6.45) is 3.54. The summed E-state index contributed by atoms with van der Waals surface area (Å²) >= 11 is 1.69. The normalized spacial score (nSPS) is 19.0. The van der Waals surface area contributed by atoms with Crippen molar-refractivity contribution < 1.29 is 4.79 Å². The molecule has 3 heteroatoms. The molecule has 0 aliphatic heterocycles. The van der Waals surface area contributed by atoms with Crippen molar-refractivity contribution in [2.24, 2.45) is 0 Å². The zero-order chi connectivity index (χ0) is 7.61. The molecule has 0 saturated heterocycles. The molecule has 0 amide bonds. The molecule has 10 heavy (non-hydrogen) atoms. The van der Waals surface area contributed by atoms with Crippen molar-refractivity contribution in [3.05, 3.63) is 0 Å². The summed E-state index contributed by atoms with van der Waals surface area (Å²) in [6, 6.07) is 0. The monoisotopic (exact) mass is 159 g/mol. The first-order valence-electron chi connectivity index (χ1n) is 3.53. The van der Waals surface area contributed by atoms with Crippen LogP contribution in [0.25, 0.3) is 0 Å². The fraction of sp³-hybridized carbons (Fsp3) is 0.857. The highest BCUT2D eigenvalue weighted by atomic mass is 32.2. The topological polar surface area (TPSA) is 29.1 Å². The summed E-state index contributed by atoms with van der Waals surface area (Å²) in [6.45, 7) is 3.77. The minimum absolute atomic E-state index is 0.354. The number of nitrogens with one attached hydrogen (secondary N) is 1. The zero-order valence-electron chi connectivity index (χ0n) is 6.39. The first-order chi connectivity index (χ1) is 4.64. The minimum atomic E-state index is -0.354. The highest BCUT2D eigenvalue weighted by Gasteiger charge is 2.25. The lowest BCUT2D eigenvalue weighted by atomic mass is 10.1. The van der Waals surface area contributed by atoms with Crippen molar-refractivity contribution in [2.75, 3.05) is 0 Å². The smallest absolute Gasteiger partial charge is 0.140 e. The molecule has 0 aromatic carbocycles. The van der Waals surface area contributed by atoms with E-state index < -0.39 is 0 Å². The second-order valence-corrected chi connectivity index (χ2v) is 4.37. The van der Waals surface area contributed by atoms with Crippen LogP contribution in [0.1, 0.15) is 26.7 Å². The molecule has 1 fully saturated rings. The van der Waals surface area contributed by atoms with Crippen LogP contribution >= 0.6 is 11.9 Å². The molecule has 1 saturated carbocycles. The molecule has 0 atom stereocenters. The first-order valence-corrected chi connectivity index (χ1v) is 4.41. The third-order valence-corrected chi connectivity index (χ3v) is 2.76. The summed E-state index contributed by atoms with van der Waals surface area (Å²) in [5, 5.41) is 0.763. The molecule has 0 spiro atoms. The van der Waals surface area contributed by atoms with Gasteiger partial charge in [0.05, 0.1) is 5.54 Å². The van der Waals surface area contributed by atoms with E-state index in [4.69, 9.17) is 0 Å². The second-order valence-electron chi connectivity index (χ2n) is 3.26. The van der Waals surface area contributed by atoms with Crippen molar-refractivity contribution in [1.29, 1.82) is 0 Å². The maximum atomic E-state index is 10.4. The van der Waals surface area contributed by atoms with Crippen LogP contribution in [0, 0.1) is 0 Å². The van der Waals surface area contributed by atoms with Crippen LogP contribution in [0.3, 0.4) is 0 Å². The molecule has 1 aliphatic rings. The molecule has 0 aromatic heterocycles. The molecule has 1 aliphatic carbocycles. The van der Waals surface area contributed by atoms with Gasteiger partial charge in [-0.1, -0.05) is 11.9 Å². The quantitative estimate of drug-likeness (QED) is 0.496. The van der Waals surface area contributed by atoms with Gasteiger partial charge in [0.2, 0.25) is 0 Å². The number of aldehydes is 1. The van der Waals surface area contributed by atoms with Gasteiger partial charge in [-0.3, -0.25) is 4.72 Å². The molecule has 0 aromatic rings. The van der Waals surface area contributed by atoms with Gasteiger partial charge < -0.3 is 4.79 Å². The third kappa shape index (κ3) is 2.71. The Morgan fingerprint density at radius 2 is 2.20 bits per heavy atom. The number of hydrogen-bond acceptors (Lipinski definition) is 3. The van der Waals surface area contributed by atoms with Crippen LogP contribution in [-0.4, -0.2) is 17.1 Å². The Morgan fingerprint density at radius 1 is 1.60 bits per heavy atom. The van der Waals surface area contributed by atoms with Gasteiger partial charge in [0.15, 0.2) is 0 Å². The number of rotatable bonds is 4. The highest BCUT2D eigenvalue weighted by Crippen LogP contribution is 2.32. The van der Waals surface area contributed by atoms with Gasteiger partial charge in [-0.05, 0) is 26.7 Å². The summed E-state index contributed by atoms with van der Waals surface area (Å²) < 4.78 is 3.12. The van der Waals surface area contributed by atoms with E-state index in [9.17, 15) is 4.79 Å². The lowest BCUT2D eigenvalue weighted by Crippen LogP contribution is -2.36. The molecule has 0 heterocycles. The molecule has 0 radical (unpaired) electrons. The molecule has 2 nitrogen and oxygen atoms in total. The maximum absolute atomic E-state index is 10.4. The van der Waals surface area contributed by atoms with Crippen molar-refractivity contribution in [3.63, 3.8) is 0 Å². The summed E-state index contributed by atoms with van der Waals surface area (Å²) in [5.74, 6) is 0. The largest absolute Gasteiger partial charge is 0.301 e. The Kier molecular flexibility index (Phi) is 2.36. The molecule has 1 rings (SSSR count). The Balaban J connectivity index is 2.14. The van der Waals surface area contributed by atoms with Gasteiger partial charge in [-0.25, -0.2) is 0 Å². The van der Waals surface area contributed by atoms with E-state index in [1.807, 2.05) is 13.8 Å². The van der Waals surface area contributed by atoms with Crippen LogP contribution in [0.5, 0.6) is 0 Å². The van der Waals surface area contributed by atoms with Crippen LogP contribution in [0.4, 0.5) is 0 Å². The SMILES string of the molecule is CC(C)(C=O)NSC1CC1. The minimum Gasteiger partial charge on any atom is -0.301 e. The fourth-order valence-electron chi connectivity index (χ4n) is 0.445. The average molecular weight is 159 g/mol. The van der Waals surface area contributed by atoms with Gasteiger partial charge in [0.1, 0.15) is 6.29 Å². The van der Waals surface area contributed by atoms with Gasteiger partial charge in [-0.15, -0.1) is 0 Å². The van der Waals surface area contributed by atoms with Gasteiger partial charge in [-0.2, -0.15) is 0 Å². The molecule has 0 unspecified atom stereocenters. The Hall–Kier alpha value is -0.0200. The van der Waals surface area contributed by atoms with Gasteiger partial charge in [0, 0.05) is 5.25 Å². The van der Waals surface area contributed by atoms with E-state index in [0.29, 0.717) is 0 Å². The Labute approximate surface area is 65.9 Å². The predicted octanol–water partition coefficient (Wildman–Crippen LogP) is 1.36. The van der Waals surface area contributed by atoms with Gasteiger partial charge >= 0.3 is 0 Å². The zero-order valence-corrected chi connectivity index (χ0v) is 7.20. The van der Waals surface area contributed by atoms with E-state index in [2.05, 4.69) is 4.72 Å². The number of carbonyl (C=O) groups excluding carboxylic acids is 1. The number of hydrogen-bond donors (Lipinski definition) is 1. The Bertz CT molecular complexity index is 132. The molecule has 0 bridgehead atoms. The summed E-state index contributed by atoms with van der Waals surface area (Å²) in [7, 11) is 0. The van der Waals surface area contributed by atoms with Crippen molar-refractivity contribution in [3.8, 4) is 0 Å².